The zero-order valence-corrected chi connectivity index (χ0v) is 10.3. The third kappa shape index (κ3) is 2.80. The number of carbonyl (C=O) groups is 1. The molecule has 2 rings (SSSR count). The number of carboxylic acids is 1. The molecular weight excluding hydrogens is 232 g/mol. The van der Waals surface area contributed by atoms with Crippen molar-refractivity contribution in [2.75, 3.05) is 19.7 Å². The first-order valence-electron chi connectivity index (χ1n) is 6.14. The second kappa shape index (κ2) is 5.84. The van der Waals surface area contributed by atoms with Crippen molar-refractivity contribution in [2.24, 2.45) is 0 Å². The van der Waals surface area contributed by atoms with Gasteiger partial charge in [-0.2, -0.15) is 0 Å². The molecule has 18 heavy (non-hydrogen) atoms. The van der Waals surface area contributed by atoms with Crippen LogP contribution in [0, 0.1) is 0 Å². The van der Waals surface area contributed by atoms with E-state index in [2.05, 4.69) is 10.6 Å². The molecule has 3 N–H and O–H groups in total. The van der Waals surface area contributed by atoms with Gasteiger partial charge in [0, 0.05) is 13.1 Å². The molecular formula is C13H18N2O3. The zero-order chi connectivity index (χ0) is 13.0. The van der Waals surface area contributed by atoms with Gasteiger partial charge in [0.2, 0.25) is 0 Å². The van der Waals surface area contributed by atoms with E-state index in [0.717, 1.165) is 17.9 Å². The molecule has 5 nitrogen and oxygen atoms in total. The number of rotatable bonds is 4. The number of benzene rings is 1. The third-order valence-corrected chi connectivity index (χ3v) is 3.00. The van der Waals surface area contributed by atoms with Gasteiger partial charge in [-0.15, -0.1) is 0 Å². The molecule has 0 saturated carbocycles. The number of hydrogen-bond acceptors (Lipinski definition) is 4. The Morgan fingerprint density at radius 1 is 1.33 bits per heavy atom. The largest absolute Gasteiger partial charge is 0.494 e. The van der Waals surface area contributed by atoms with Crippen LogP contribution in [-0.2, 0) is 4.79 Å². The summed E-state index contributed by atoms with van der Waals surface area (Å²) in [6.45, 7) is 3.99. The monoisotopic (exact) mass is 250 g/mol. The fourth-order valence-corrected chi connectivity index (χ4v) is 2.17. The highest BCUT2D eigenvalue weighted by Crippen LogP contribution is 2.22. The summed E-state index contributed by atoms with van der Waals surface area (Å²) >= 11 is 0. The molecule has 5 heteroatoms. The summed E-state index contributed by atoms with van der Waals surface area (Å²) in [6, 6.07) is 6.77. The number of hydrogen-bond donors (Lipinski definition) is 3. The van der Waals surface area contributed by atoms with Crippen LogP contribution in [0.25, 0.3) is 0 Å². The molecule has 1 fully saturated rings. The molecule has 0 bridgehead atoms. The van der Waals surface area contributed by atoms with E-state index in [1.165, 1.54) is 0 Å². The molecule has 1 aliphatic rings. The van der Waals surface area contributed by atoms with Crippen LogP contribution in [0.1, 0.15) is 18.5 Å². The second-order valence-corrected chi connectivity index (χ2v) is 4.20. The Balaban J connectivity index is 2.15. The lowest BCUT2D eigenvalue weighted by Crippen LogP contribution is -2.54. The molecule has 0 radical (unpaired) electrons. The van der Waals surface area contributed by atoms with Gasteiger partial charge in [-0.05, 0) is 24.6 Å². The molecule has 1 heterocycles. The Kier molecular flexibility index (Phi) is 4.17. The highest BCUT2D eigenvalue weighted by molar-refractivity contribution is 5.75. The van der Waals surface area contributed by atoms with E-state index in [9.17, 15) is 9.90 Å². The molecule has 0 spiro atoms. The summed E-state index contributed by atoms with van der Waals surface area (Å²) in [6.07, 6.45) is 0. The minimum absolute atomic E-state index is 0.202. The predicted octanol–water partition coefficient (Wildman–Crippen LogP) is 0.772. The van der Waals surface area contributed by atoms with Crippen LogP contribution in [0.5, 0.6) is 5.75 Å². The summed E-state index contributed by atoms with van der Waals surface area (Å²) in [4.78, 5) is 11.2. The van der Waals surface area contributed by atoms with E-state index >= 15 is 0 Å². The fourth-order valence-electron chi connectivity index (χ4n) is 2.17. The molecule has 98 valence electrons. The molecule has 0 aliphatic carbocycles. The van der Waals surface area contributed by atoms with Gasteiger partial charge in [0.15, 0.2) is 0 Å². The molecule has 1 aromatic carbocycles. The second-order valence-electron chi connectivity index (χ2n) is 4.20. The van der Waals surface area contributed by atoms with Crippen LogP contribution in [0.2, 0.25) is 0 Å². The van der Waals surface area contributed by atoms with Crippen LogP contribution in [0.4, 0.5) is 0 Å². The van der Waals surface area contributed by atoms with E-state index in [-0.39, 0.29) is 6.04 Å². The lowest BCUT2D eigenvalue weighted by atomic mass is 9.97. The predicted molar refractivity (Wildman–Crippen MR) is 67.8 cm³/mol. The fraction of sp³-hybridized carbons (Fsp3) is 0.462. The summed E-state index contributed by atoms with van der Waals surface area (Å²) in [5.41, 5.74) is 0.957. The SMILES string of the molecule is CCOc1ccc(C2NCCNC2C(=O)O)cc1. The first-order chi connectivity index (χ1) is 8.72. The van der Waals surface area contributed by atoms with Gasteiger partial charge < -0.3 is 20.5 Å². The molecule has 0 aromatic heterocycles. The molecule has 2 unspecified atom stereocenters. The van der Waals surface area contributed by atoms with Crippen LogP contribution in [-0.4, -0.2) is 36.8 Å². The average molecular weight is 250 g/mol. The Morgan fingerprint density at radius 2 is 2.00 bits per heavy atom. The minimum atomic E-state index is -0.832. The van der Waals surface area contributed by atoms with E-state index < -0.39 is 12.0 Å². The Morgan fingerprint density at radius 3 is 2.61 bits per heavy atom. The summed E-state index contributed by atoms with van der Waals surface area (Å²) in [5.74, 6) is -0.0296. The smallest absolute Gasteiger partial charge is 0.322 e. The van der Waals surface area contributed by atoms with Gasteiger partial charge in [0.25, 0.3) is 0 Å². The molecule has 2 atom stereocenters. The first kappa shape index (κ1) is 12.9. The maximum absolute atomic E-state index is 11.2. The number of carboxylic acid groups (broad SMARTS) is 1. The Labute approximate surface area is 106 Å². The van der Waals surface area contributed by atoms with Crippen molar-refractivity contribution < 1.29 is 14.6 Å². The quantitative estimate of drug-likeness (QED) is 0.736. The van der Waals surface area contributed by atoms with E-state index in [4.69, 9.17) is 4.74 Å². The van der Waals surface area contributed by atoms with Crippen molar-refractivity contribution in [2.45, 2.75) is 19.0 Å². The van der Waals surface area contributed by atoms with Gasteiger partial charge in [-0.25, -0.2) is 0 Å². The van der Waals surface area contributed by atoms with Crippen molar-refractivity contribution in [3.05, 3.63) is 29.8 Å². The summed E-state index contributed by atoms with van der Waals surface area (Å²) in [5, 5.41) is 15.4. The summed E-state index contributed by atoms with van der Waals surface area (Å²) < 4.78 is 5.37. The molecule has 1 saturated heterocycles. The number of aliphatic carboxylic acids is 1. The number of ether oxygens (including phenoxy) is 1. The molecule has 1 aromatic rings. The van der Waals surface area contributed by atoms with Crippen LogP contribution in [0.3, 0.4) is 0 Å². The Bertz CT molecular complexity index is 405. The van der Waals surface area contributed by atoms with Crippen LogP contribution >= 0.6 is 0 Å². The highest BCUT2D eigenvalue weighted by Gasteiger charge is 2.31. The average Bonchev–Trinajstić information content (AvgIpc) is 2.40. The minimum Gasteiger partial charge on any atom is -0.494 e. The third-order valence-electron chi connectivity index (χ3n) is 3.00. The number of piperazine rings is 1. The van der Waals surface area contributed by atoms with Crippen molar-refractivity contribution in [3.63, 3.8) is 0 Å². The molecule has 0 amide bonds. The van der Waals surface area contributed by atoms with Gasteiger partial charge in [-0.3, -0.25) is 4.79 Å². The zero-order valence-electron chi connectivity index (χ0n) is 10.3. The molecule has 1 aliphatic heterocycles. The van der Waals surface area contributed by atoms with Crippen molar-refractivity contribution in [1.82, 2.24) is 10.6 Å². The number of nitrogens with one attached hydrogen (secondary N) is 2. The highest BCUT2D eigenvalue weighted by atomic mass is 16.5. The van der Waals surface area contributed by atoms with Crippen LogP contribution < -0.4 is 15.4 Å². The lowest BCUT2D eigenvalue weighted by Gasteiger charge is -2.31. The van der Waals surface area contributed by atoms with E-state index in [1.807, 2.05) is 31.2 Å². The van der Waals surface area contributed by atoms with Gasteiger partial charge in [-0.1, -0.05) is 12.1 Å². The Hall–Kier alpha value is -1.59. The normalized spacial score (nSPS) is 23.6. The maximum Gasteiger partial charge on any atom is 0.322 e. The van der Waals surface area contributed by atoms with Gasteiger partial charge in [0.05, 0.1) is 12.6 Å². The first-order valence-corrected chi connectivity index (χ1v) is 6.14. The topological polar surface area (TPSA) is 70.6 Å². The van der Waals surface area contributed by atoms with Crippen molar-refractivity contribution >= 4 is 5.97 Å². The lowest BCUT2D eigenvalue weighted by molar-refractivity contribution is -0.140. The van der Waals surface area contributed by atoms with E-state index in [1.54, 1.807) is 0 Å². The van der Waals surface area contributed by atoms with Crippen LogP contribution in [0.15, 0.2) is 24.3 Å². The van der Waals surface area contributed by atoms with E-state index in [0.29, 0.717) is 13.2 Å². The van der Waals surface area contributed by atoms with Gasteiger partial charge >= 0.3 is 5.97 Å². The van der Waals surface area contributed by atoms with Crippen molar-refractivity contribution in [3.8, 4) is 5.75 Å². The maximum atomic E-state index is 11.2. The van der Waals surface area contributed by atoms with Gasteiger partial charge in [0.1, 0.15) is 11.8 Å². The summed E-state index contributed by atoms with van der Waals surface area (Å²) in [7, 11) is 0. The standard InChI is InChI=1S/C13H18N2O3/c1-2-18-10-5-3-9(4-6-10)11-12(13(16)17)15-8-7-14-11/h3-6,11-12,14-15H,2,7-8H2,1H3,(H,16,17). The van der Waals surface area contributed by atoms with Crippen molar-refractivity contribution in [1.29, 1.82) is 0 Å².